The standard InChI is InChI=1S/C17H23NO6/c1-17(2,3)24-16(21)18-6-4-12(5-7-18)10-23-15-11-22-13(9-19)8-14(15)20/h8-9,11-12H,4-7,10H2,1-3H3. The van der Waals surface area contributed by atoms with Crippen LogP contribution < -0.4 is 10.2 Å². The van der Waals surface area contributed by atoms with Crippen molar-refractivity contribution in [1.82, 2.24) is 4.90 Å². The summed E-state index contributed by atoms with van der Waals surface area (Å²) in [7, 11) is 0. The molecule has 7 heteroatoms. The molecule has 2 rings (SSSR count). The van der Waals surface area contributed by atoms with Gasteiger partial charge in [0.1, 0.15) is 11.9 Å². The van der Waals surface area contributed by atoms with Gasteiger partial charge in [-0.1, -0.05) is 0 Å². The second-order valence-corrected chi connectivity index (χ2v) is 6.85. The van der Waals surface area contributed by atoms with Gasteiger partial charge in [0.2, 0.25) is 11.2 Å². The van der Waals surface area contributed by atoms with Gasteiger partial charge in [-0.05, 0) is 39.5 Å². The number of aldehydes is 1. The van der Waals surface area contributed by atoms with Gasteiger partial charge >= 0.3 is 6.09 Å². The highest BCUT2D eigenvalue weighted by Gasteiger charge is 2.27. The minimum Gasteiger partial charge on any atom is -0.486 e. The first-order valence-electron chi connectivity index (χ1n) is 7.97. The Bertz CT molecular complexity index is 637. The van der Waals surface area contributed by atoms with Crippen LogP contribution in [0.5, 0.6) is 5.75 Å². The smallest absolute Gasteiger partial charge is 0.410 e. The van der Waals surface area contributed by atoms with Crippen LogP contribution in [0.1, 0.15) is 44.2 Å². The van der Waals surface area contributed by atoms with E-state index in [1.54, 1.807) is 4.90 Å². The lowest BCUT2D eigenvalue weighted by molar-refractivity contribution is 0.0164. The highest BCUT2D eigenvalue weighted by molar-refractivity contribution is 5.70. The number of carbonyl (C=O) groups is 2. The predicted molar refractivity (Wildman–Crippen MR) is 86.4 cm³/mol. The molecule has 0 radical (unpaired) electrons. The van der Waals surface area contributed by atoms with Crippen molar-refractivity contribution in [3.63, 3.8) is 0 Å². The van der Waals surface area contributed by atoms with E-state index in [1.807, 2.05) is 20.8 Å². The maximum absolute atomic E-state index is 12.0. The van der Waals surface area contributed by atoms with Gasteiger partial charge in [0.05, 0.1) is 6.61 Å². The largest absolute Gasteiger partial charge is 0.486 e. The summed E-state index contributed by atoms with van der Waals surface area (Å²) in [5.74, 6) is 0.307. The number of carbonyl (C=O) groups excluding carboxylic acids is 2. The average Bonchev–Trinajstić information content (AvgIpc) is 2.52. The first kappa shape index (κ1) is 18.0. The van der Waals surface area contributed by atoms with Crippen LogP contribution in [0.3, 0.4) is 0 Å². The summed E-state index contributed by atoms with van der Waals surface area (Å²) in [6, 6.07) is 1.10. The van der Waals surface area contributed by atoms with Gasteiger partial charge in [0.25, 0.3) is 0 Å². The van der Waals surface area contributed by atoms with Crippen LogP contribution in [0.15, 0.2) is 21.5 Å². The SMILES string of the molecule is CC(C)(C)OC(=O)N1CCC(COc2coc(C=O)cc2=O)CC1. The molecular formula is C17H23NO6. The Labute approximate surface area is 140 Å². The summed E-state index contributed by atoms with van der Waals surface area (Å²) >= 11 is 0. The van der Waals surface area contributed by atoms with Crippen molar-refractivity contribution in [2.45, 2.75) is 39.2 Å². The molecule has 132 valence electrons. The van der Waals surface area contributed by atoms with E-state index in [0.717, 1.165) is 25.2 Å². The van der Waals surface area contributed by atoms with Gasteiger partial charge in [0.15, 0.2) is 12.0 Å². The number of nitrogens with zero attached hydrogens (tertiary/aromatic N) is 1. The predicted octanol–water partition coefficient (Wildman–Crippen LogP) is 2.48. The number of rotatable bonds is 4. The fraction of sp³-hybridized carbons (Fsp3) is 0.588. The van der Waals surface area contributed by atoms with Crippen LogP contribution in [0.2, 0.25) is 0 Å². The molecular weight excluding hydrogens is 314 g/mol. The molecule has 0 atom stereocenters. The molecule has 2 heterocycles. The first-order valence-corrected chi connectivity index (χ1v) is 7.97. The zero-order chi connectivity index (χ0) is 17.7. The van der Waals surface area contributed by atoms with Crippen molar-refractivity contribution in [3.8, 4) is 5.75 Å². The van der Waals surface area contributed by atoms with E-state index in [1.165, 1.54) is 0 Å². The van der Waals surface area contributed by atoms with Gasteiger partial charge in [-0.25, -0.2) is 4.79 Å². The Hall–Kier alpha value is -2.31. The minimum absolute atomic E-state index is 0.0296. The molecule has 1 aromatic heterocycles. The lowest BCUT2D eigenvalue weighted by Crippen LogP contribution is -2.42. The van der Waals surface area contributed by atoms with E-state index in [0.29, 0.717) is 26.0 Å². The quantitative estimate of drug-likeness (QED) is 0.785. The van der Waals surface area contributed by atoms with E-state index in [4.69, 9.17) is 13.9 Å². The molecule has 1 aliphatic heterocycles. The molecule has 0 N–H and O–H groups in total. The second kappa shape index (κ2) is 7.51. The third-order valence-corrected chi connectivity index (χ3v) is 3.68. The summed E-state index contributed by atoms with van der Waals surface area (Å²) in [6.07, 6.45) is 2.87. The third kappa shape index (κ3) is 5.11. The van der Waals surface area contributed by atoms with Crippen molar-refractivity contribution in [1.29, 1.82) is 0 Å². The van der Waals surface area contributed by atoms with E-state index < -0.39 is 5.60 Å². The summed E-state index contributed by atoms with van der Waals surface area (Å²) in [4.78, 5) is 35.9. The number of amides is 1. The molecule has 7 nitrogen and oxygen atoms in total. The Morgan fingerprint density at radius 3 is 2.58 bits per heavy atom. The lowest BCUT2D eigenvalue weighted by atomic mass is 9.98. The van der Waals surface area contributed by atoms with Crippen LogP contribution in [0.25, 0.3) is 0 Å². The zero-order valence-corrected chi connectivity index (χ0v) is 14.2. The fourth-order valence-corrected chi connectivity index (χ4v) is 2.40. The zero-order valence-electron chi connectivity index (χ0n) is 14.2. The first-order chi connectivity index (χ1) is 11.3. The van der Waals surface area contributed by atoms with Crippen LogP contribution in [-0.4, -0.2) is 42.6 Å². The molecule has 0 saturated carbocycles. The number of likely N-dealkylation sites (tertiary alicyclic amines) is 1. The van der Waals surface area contributed by atoms with Gasteiger partial charge in [-0.2, -0.15) is 0 Å². The molecule has 1 amide bonds. The van der Waals surface area contributed by atoms with E-state index in [9.17, 15) is 14.4 Å². The molecule has 1 fully saturated rings. The van der Waals surface area contributed by atoms with Gasteiger partial charge in [-0.15, -0.1) is 0 Å². The van der Waals surface area contributed by atoms with Crippen molar-refractivity contribution in [2.75, 3.05) is 19.7 Å². The Kier molecular flexibility index (Phi) is 5.64. The highest BCUT2D eigenvalue weighted by Crippen LogP contribution is 2.20. The monoisotopic (exact) mass is 337 g/mol. The van der Waals surface area contributed by atoms with E-state index in [2.05, 4.69) is 0 Å². The van der Waals surface area contributed by atoms with Gasteiger partial charge in [-0.3, -0.25) is 9.59 Å². The van der Waals surface area contributed by atoms with Crippen LogP contribution in [0, 0.1) is 5.92 Å². The summed E-state index contributed by atoms with van der Waals surface area (Å²) in [5.41, 5.74) is -0.881. The molecule has 0 aromatic carbocycles. The molecule has 0 unspecified atom stereocenters. The number of hydrogen-bond acceptors (Lipinski definition) is 6. The van der Waals surface area contributed by atoms with Crippen molar-refractivity contribution >= 4 is 12.4 Å². The second-order valence-electron chi connectivity index (χ2n) is 6.85. The Morgan fingerprint density at radius 2 is 2.04 bits per heavy atom. The number of ether oxygens (including phenoxy) is 2. The maximum atomic E-state index is 12.0. The van der Waals surface area contributed by atoms with E-state index >= 15 is 0 Å². The highest BCUT2D eigenvalue weighted by atomic mass is 16.6. The lowest BCUT2D eigenvalue weighted by Gasteiger charge is -2.33. The molecule has 0 bridgehead atoms. The fourth-order valence-electron chi connectivity index (χ4n) is 2.40. The molecule has 1 aromatic rings. The molecule has 24 heavy (non-hydrogen) atoms. The maximum Gasteiger partial charge on any atom is 0.410 e. The van der Waals surface area contributed by atoms with Crippen molar-refractivity contribution < 1.29 is 23.5 Å². The van der Waals surface area contributed by atoms with Gasteiger partial charge < -0.3 is 18.8 Å². The van der Waals surface area contributed by atoms with Crippen LogP contribution >= 0.6 is 0 Å². The topological polar surface area (TPSA) is 86.0 Å². The van der Waals surface area contributed by atoms with Crippen LogP contribution in [-0.2, 0) is 4.74 Å². The minimum atomic E-state index is -0.501. The van der Waals surface area contributed by atoms with E-state index in [-0.39, 0.29) is 28.9 Å². The Balaban J connectivity index is 1.80. The summed E-state index contributed by atoms with van der Waals surface area (Å²) in [5, 5.41) is 0. The van der Waals surface area contributed by atoms with Crippen molar-refractivity contribution in [3.05, 3.63) is 28.3 Å². The molecule has 1 saturated heterocycles. The third-order valence-electron chi connectivity index (χ3n) is 3.68. The van der Waals surface area contributed by atoms with Gasteiger partial charge in [0, 0.05) is 19.2 Å². The number of piperidine rings is 1. The van der Waals surface area contributed by atoms with Crippen molar-refractivity contribution in [2.24, 2.45) is 5.92 Å². The normalized spacial score (nSPS) is 15.9. The summed E-state index contributed by atoms with van der Waals surface area (Å²) in [6.45, 7) is 7.09. The molecule has 0 spiro atoms. The molecule has 1 aliphatic rings. The number of hydrogen-bond donors (Lipinski definition) is 0. The molecule has 0 aliphatic carbocycles. The average molecular weight is 337 g/mol. The van der Waals surface area contributed by atoms with Crippen LogP contribution in [0.4, 0.5) is 4.79 Å². The Morgan fingerprint density at radius 1 is 1.38 bits per heavy atom. The summed E-state index contributed by atoms with van der Waals surface area (Å²) < 4.78 is 15.8.